The molecule has 3 atom stereocenters. The maximum Gasteiger partial charge on any atom is 0.234 e. The van der Waals surface area contributed by atoms with Crippen LogP contribution < -0.4 is 11.1 Å². The molecule has 1 aliphatic heterocycles. The Morgan fingerprint density at radius 3 is 2.86 bits per heavy atom. The van der Waals surface area contributed by atoms with Gasteiger partial charge in [-0.15, -0.1) is 0 Å². The van der Waals surface area contributed by atoms with Gasteiger partial charge in [0.1, 0.15) is 0 Å². The Morgan fingerprint density at radius 1 is 1.48 bits per heavy atom. The normalized spacial score (nSPS) is 24.6. The van der Waals surface area contributed by atoms with E-state index in [1.165, 1.54) is 0 Å². The molecule has 1 aliphatic rings. The molecule has 21 heavy (non-hydrogen) atoms. The Labute approximate surface area is 131 Å². The first kappa shape index (κ1) is 16.3. The van der Waals surface area contributed by atoms with Crippen LogP contribution in [0.1, 0.15) is 31.9 Å². The van der Waals surface area contributed by atoms with Crippen LogP contribution >= 0.6 is 11.6 Å². The van der Waals surface area contributed by atoms with Gasteiger partial charge in [0.15, 0.2) is 0 Å². The lowest BCUT2D eigenvalue weighted by Gasteiger charge is -2.34. The van der Waals surface area contributed by atoms with Crippen LogP contribution in [0.2, 0.25) is 5.02 Å². The van der Waals surface area contributed by atoms with Gasteiger partial charge in [-0.05, 0) is 30.9 Å². The van der Waals surface area contributed by atoms with Crippen molar-refractivity contribution in [3.8, 4) is 0 Å². The van der Waals surface area contributed by atoms with Crippen LogP contribution in [0, 0.1) is 5.92 Å². The van der Waals surface area contributed by atoms with E-state index in [2.05, 4.69) is 17.1 Å². The van der Waals surface area contributed by atoms with Gasteiger partial charge in [0.2, 0.25) is 5.91 Å². The SMILES string of the molecule is CC1CC(N)CN(CC(=O)NC(C)c2ccccc2Cl)C1. The number of piperidine rings is 1. The van der Waals surface area contributed by atoms with E-state index >= 15 is 0 Å². The van der Waals surface area contributed by atoms with Crippen molar-refractivity contribution in [2.45, 2.75) is 32.4 Å². The summed E-state index contributed by atoms with van der Waals surface area (Å²) < 4.78 is 0. The van der Waals surface area contributed by atoms with Crippen molar-refractivity contribution >= 4 is 17.5 Å². The third-order valence-corrected chi connectivity index (χ3v) is 4.23. The lowest BCUT2D eigenvalue weighted by atomic mass is 9.96. The smallest absolute Gasteiger partial charge is 0.234 e. The lowest BCUT2D eigenvalue weighted by molar-refractivity contribution is -0.123. The lowest BCUT2D eigenvalue weighted by Crippen LogP contribution is -2.49. The third-order valence-electron chi connectivity index (χ3n) is 3.88. The first-order valence-corrected chi connectivity index (χ1v) is 7.85. The Hall–Kier alpha value is -1.10. The minimum Gasteiger partial charge on any atom is -0.348 e. The zero-order valence-electron chi connectivity index (χ0n) is 12.7. The Kier molecular flexibility index (Phi) is 5.62. The summed E-state index contributed by atoms with van der Waals surface area (Å²) in [7, 11) is 0. The van der Waals surface area contributed by atoms with Gasteiger partial charge >= 0.3 is 0 Å². The zero-order chi connectivity index (χ0) is 15.4. The van der Waals surface area contributed by atoms with E-state index in [0.29, 0.717) is 17.5 Å². The first-order valence-electron chi connectivity index (χ1n) is 7.47. The fourth-order valence-electron chi connectivity index (χ4n) is 3.04. The van der Waals surface area contributed by atoms with Crippen molar-refractivity contribution in [3.63, 3.8) is 0 Å². The molecule has 1 fully saturated rings. The van der Waals surface area contributed by atoms with Crippen molar-refractivity contribution in [1.82, 2.24) is 10.2 Å². The number of benzene rings is 1. The average molecular weight is 310 g/mol. The van der Waals surface area contributed by atoms with Gasteiger partial charge in [0, 0.05) is 24.2 Å². The van der Waals surface area contributed by atoms with Gasteiger partial charge in [0.05, 0.1) is 12.6 Å². The van der Waals surface area contributed by atoms with Crippen molar-refractivity contribution in [3.05, 3.63) is 34.9 Å². The maximum absolute atomic E-state index is 12.2. The molecular weight excluding hydrogens is 286 g/mol. The topological polar surface area (TPSA) is 58.4 Å². The van der Waals surface area contributed by atoms with Crippen molar-refractivity contribution in [2.24, 2.45) is 11.7 Å². The number of likely N-dealkylation sites (tertiary alicyclic amines) is 1. The van der Waals surface area contributed by atoms with E-state index in [1.54, 1.807) is 0 Å². The van der Waals surface area contributed by atoms with E-state index in [-0.39, 0.29) is 18.0 Å². The second-order valence-electron chi connectivity index (χ2n) is 6.11. The van der Waals surface area contributed by atoms with Crippen LogP contribution in [0.25, 0.3) is 0 Å². The van der Waals surface area contributed by atoms with E-state index < -0.39 is 0 Å². The van der Waals surface area contributed by atoms with Crippen LogP contribution in [-0.2, 0) is 4.79 Å². The first-order chi connectivity index (χ1) is 9.95. The van der Waals surface area contributed by atoms with Gasteiger partial charge < -0.3 is 11.1 Å². The highest BCUT2D eigenvalue weighted by molar-refractivity contribution is 6.31. The molecule has 2 rings (SSSR count). The second-order valence-corrected chi connectivity index (χ2v) is 6.51. The van der Waals surface area contributed by atoms with E-state index in [4.69, 9.17) is 17.3 Å². The summed E-state index contributed by atoms with van der Waals surface area (Å²) in [6, 6.07) is 7.66. The molecule has 116 valence electrons. The molecule has 0 bridgehead atoms. The molecule has 1 aromatic rings. The van der Waals surface area contributed by atoms with Crippen molar-refractivity contribution in [2.75, 3.05) is 19.6 Å². The largest absolute Gasteiger partial charge is 0.348 e. The van der Waals surface area contributed by atoms with Crippen LogP contribution in [-0.4, -0.2) is 36.5 Å². The maximum atomic E-state index is 12.2. The number of carbonyl (C=O) groups excluding carboxylic acids is 1. The number of hydrogen-bond acceptors (Lipinski definition) is 3. The molecule has 4 nitrogen and oxygen atoms in total. The highest BCUT2D eigenvalue weighted by atomic mass is 35.5. The van der Waals surface area contributed by atoms with Gasteiger partial charge in [0.25, 0.3) is 0 Å². The Bertz CT molecular complexity index is 484. The molecule has 0 aromatic heterocycles. The highest BCUT2D eigenvalue weighted by Gasteiger charge is 2.24. The molecule has 1 saturated heterocycles. The molecule has 1 aromatic carbocycles. The fourth-order valence-corrected chi connectivity index (χ4v) is 3.34. The zero-order valence-corrected chi connectivity index (χ0v) is 13.4. The minimum atomic E-state index is -0.0953. The monoisotopic (exact) mass is 309 g/mol. The molecule has 0 aliphatic carbocycles. The predicted octanol–water partition coefficient (Wildman–Crippen LogP) is 2.19. The summed E-state index contributed by atoms with van der Waals surface area (Å²) in [5.41, 5.74) is 6.95. The molecule has 0 radical (unpaired) electrons. The minimum absolute atomic E-state index is 0.0173. The van der Waals surface area contributed by atoms with Crippen LogP contribution in [0.15, 0.2) is 24.3 Å². The van der Waals surface area contributed by atoms with Gasteiger partial charge in [-0.1, -0.05) is 36.7 Å². The molecule has 1 heterocycles. The van der Waals surface area contributed by atoms with Crippen LogP contribution in [0.4, 0.5) is 0 Å². The number of hydrogen-bond donors (Lipinski definition) is 2. The molecule has 0 saturated carbocycles. The number of amides is 1. The highest BCUT2D eigenvalue weighted by Crippen LogP contribution is 2.22. The standard InChI is InChI=1S/C16H24ClN3O/c1-11-7-13(18)9-20(8-11)10-16(21)19-12(2)14-5-3-4-6-15(14)17/h3-6,11-13H,7-10,18H2,1-2H3,(H,19,21). The summed E-state index contributed by atoms with van der Waals surface area (Å²) >= 11 is 6.15. The molecule has 3 unspecified atom stereocenters. The Morgan fingerprint density at radius 2 is 2.19 bits per heavy atom. The van der Waals surface area contributed by atoms with Gasteiger partial charge in [-0.2, -0.15) is 0 Å². The number of nitrogens with zero attached hydrogens (tertiary/aromatic N) is 1. The molecule has 0 spiro atoms. The molecular formula is C16H24ClN3O. The molecule has 3 N–H and O–H groups in total. The summed E-state index contributed by atoms with van der Waals surface area (Å²) in [5, 5.41) is 3.69. The average Bonchev–Trinajstić information content (AvgIpc) is 2.37. The quantitative estimate of drug-likeness (QED) is 0.896. The number of halogens is 1. The summed E-state index contributed by atoms with van der Waals surface area (Å²) in [4.78, 5) is 14.3. The second kappa shape index (κ2) is 7.25. The Balaban J connectivity index is 1.88. The summed E-state index contributed by atoms with van der Waals surface area (Å²) in [6.07, 6.45) is 1.04. The van der Waals surface area contributed by atoms with Crippen molar-refractivity contribution in [1.29, 1.82) is 0 Å². The number of carbonyl (C=O) groups is 1. The summed E-state index contributed by atoms with van der Waals surface area (Å²) in [6.45, 7) is 6.24. The van der Waals surface area contributed by atoms with Crippen LogP contribution in [0.5, 0.6) is 0 Å². The summed E-state index contributed by atoms with van der Waals surface area (Å²) in [5.74, 6) is 0.561. The number of rotatable bonds is 4. The van der Waals surface area contributed by atoms with E-state index in [0.717, 1.165) is 25.1 Å². The van der Waals surface area contributed by atoms with E-state index in [9.17, 15) is 4.79 Å². The van der Waals surface area contributed by atoms with Crippen LogP contribution in [0.3, 0.4) is 0 Å². The van der Waals surface area contributed by atoms with E-state index in [1.807, 2.05) is 31.2 Å². The molecule has 1 amide bonds. The predicted molar refractivity (Wildman–Crippen MR) is 86.2 cm³/mol. The number of nitrogens with one attached hydrogen (secondary N) is 1. The van der Waals surface area contributed by atoms with Gasteiger partial charge in [-0.25, -0.2) is 0 Å². The van der Waals surface area contributed by atoms with Crippen molar-refractivity contribution < 1.29 is 4.79 Å². The fraction of sp³-hybridized carbons (Fsp3) is 0.562. The van der Waals surface area contributed by atoms with Gasteiger partial charge in [-0.3, -0.25) is 9.69 Å². The third kappa shape index (κ3) is 4.70. The molecule has 5 heteroatoms. The number of nitrogens with two attached hydrogens (primary N) is 1.